The van der Waals surface area contributed by atoms with Crippen molar-refractivity contribution in [1.29, 1.82) is 0 Å². The van der Waals surface area contributed by atoms with Gasteiger partial charge in [-0.3, -0.25) is 9.59 Å². The molecule has 2 saturated heterocycles. The van der Waals surface area contributed by atoms with Crippen LogP contribution in [0.2, 0.25) is 0 Å². The van der Waals surface area contributed by atoms with Crippen molar-refractivity contribution in [2.75, 3.05) is 13.2 Å². The maximum absolute atomic E-state index is 13.4. The third-order valence-electron chi connectivity index (χ3n) is 4.39. The van der Waals surface area contributed by atoms with E-state index in [0.29, 0.717) is 25.1 Å². The van der Waals surface area contributed by atoms with E-state index in [9.17, 15) is 14.0 Å². The molecule has 0 aromatic heterocycles. The van der Waals surface area contributed by atoms with Crippen LogP contribution in [0, 0.1) is 11.7 Å². The largest absolute Gasteiger partial charge is 0.375 e. The van der Waals surface area contributed by atoms with Gasteiger partial charge in [0.15, 0.2) is 0 Å². The molecule has 5 nitrogen and oxygen atoms in total. The van der Waals surface area contributed by atoms with E-state index in [-0.39, 0.29) is 35.9 Å². The van der Waals surface area contributed by atoms with Gasteiger partial charge in [-0.15, -0.1) is 0 Å². The Morgan fingerprint density at radius 3 is 2.87 bits per heavy atom. The van der Waals surface area contributed by atoms with E-state index in [1.807, 2.05) is 13.8 Å². The van der Waals surface area contributed by atoms with Crippen LogP contribution in [0.1, 0.15) is 30.6 Å². The van der Waals surface area contributed by atoms with Crippen LogP contribution in [0.3, 0.4) is 0 Å². The number of likely N-dealkylation sites (tertiary alicyclic amines) is 1. The first-order valence-corrected chi connectivity index (χ1v) is 7.96. The second-order valence-corrected chi connectivity index (χ2v) is 6.43. The van der Waals surface area contributed by atoms with Crippen molar-refractivity contribution in [1.82, 2.24) is 10.2 Å². The molecule has 0 spiro atoms. The first kappa shape index (κ1) is 15.9. The van der Waals surface area contributed by atoms with Gasteiger partial charge < -0.3 is 15.0 Å². The summed E-state index contributed by atoms with van der Waals surface area (Å²) < 4.78 is 19.1. The van der Waals surface area contributed by atoms with Crippen LogP contribution < -0.4 is 5.32 Å². The maximum atomic E-state index is 13.4. The number of fused-ring (bicyclic) bond motifs is 1. The van der Waals surface area contributed by atoms with Gasteiger partial charge >= 0.3 is 0 Å². The smallest absolute Gasteiger partial charge is 0.254 e. The Bertz CT molecular complexity index is 620. The number of nitrogens with one attached hydrogen (secondary N) is 1. The lowest BCUT2D eigenvalue weighted by Gasteiger charge is -2.22. The fourth-order valence-electron chi connectivity index (χ4n) is 3.41. The van der Waals surface area contributed by atoms with E-state index < -0.39 is 5.82 Å². The van der Waals surface area contributed by atoms with Crippen LogP contribution in [-0.2, 0) is 9.53 Å². The number of rotatable bonds is 3. The fraction of sp³-hybridized carbons (Fsp3) is 0.529. The molecule has 0 aliphatic carbocycles. The van der Waals surface area contributed by atoms with E-state index in [0.717, 1.165) is 0 Å². The zero-order valence-electron chi connectivity index (χ0n) is 13.3. The molecule has 3 atom stereocenters. The molecule has 2 aliphatic rings. The van der Waals surface area contributed by atoms with Crippen molar-refractivity contribution in [3.8, 4) is 0 Å². The molecule has 23 heavy (non-hydrogen) atoms. The Balaban J connectivity index is 1.80. The highest BCUT2D eigenvalue weighted by Crippen LogP contribution is 2.34. The van der Waals surface area contributed by atoms with Crippen molar-refractivity contribution in [3.05, 3.63) is 35.6 Å². The van der Waals surface area contributed by atoms with Gasteiger partial charge in [-0.05, 0) is 38.5 Å². The van der Waals surface area contributed by atoms with Gasteiger partial charge in [0.2, 0.25) is 5.91 Å². The molecular formula is C17H21FN2O3. The summed E-state index contributed by atoms with van der Waals surface area (Å²) in [5.74, 6) is -1.15. The van der Waals surface area contributed by atoms with Gasteiger partial charge in [0.1, 0.15) is 5.82 Å². The zero-order chi connectivity index (χ0) is 16.6. The topological polar surface area (TPSA) is 58.6 Å². The van der Waals surface area contributed by atoms with E-state index in [4.69, 9.17) is 4.74 Å². The predicted octanol–water partition coefficient (Wildman–Crippen LogP) is 1.58. The number of carbonyl (C=O) groups is 2. The minimum Gasteiger partial charge on any atom is -0.375 e. The highest BCUT2D eigenvalue weighted by molar-refractivity contribution is 5.95. The Morgan fingerprint density at radius 1 is 1.39 bits per heavy atom. The van der Waals surface area contributed by atoms with Crippen LogP contribution in [0.15, 0.2) is 24.3 Å². The minimum atomic E-state index is -0.441. The molecule has 0 saturated carbocycles. The normalized spacial score (nSPS) is 26.4. The molecule has 3 rings (SSSR count). The van der Waals surface area contributed by atoms with Crippen LogP contribution in [0.4, 0.5) is 4.39 Å². The Hall–Kier alpha value is -1.95. The molecule has 1 aromatic carbocycles. The van der Waals surface area contributed by atoms with Crippen molar-refractivity contribution < 1.29 is 18.7 Å². The standard InChI is InChI=1S/C17H21FN2O3/c1-10(2)19-16(21)13-9-20(14-6-7-23-15(13)14)17(22)11-4-3-5-12(18)8-11/h3-5,8,10,13-15H,6-7,9H2,1-2H3,(H,19,21)/t13-,14-,15+/m1/s1. The molecule has 6 heteroatoms. The predicted molar refractivity (Wildman–Crippen MR) is 82.4 cm³/mol. The third-order valence-corrected chi connectivity index (χ3v) is 4.39. The first-order valence-electron chi connectivity index (χ1n) is 7.96. The summed E-state index contributed by atoms with van der Waals surface area (Å²) in [6, 6.07) is 5.57. The molecule has 0 bridgehead atoms. The maximum Gasteiger partial charge on any atom is 0.254 e. The van der Waals surface area contributed by atoms with Crippen molar-refractivity contribution in [2.24, 2.45) is 5.92 Å². The van der Waals surface area contributed by atoms with Gasteiger partial charge in [-0.1, -0.05) is 6.07 Å². The van der Waals surface area contributed by atoms with Crippen LogP contribution >= 0.6 is 0 Å². The SMILES string of the molecule is CC(C)NC(=O)[C@@H]1CN(C(=O)c2cccc(F)c2)[C@@H]2CCO[C@H]21. The Morgan fingerprint density at radius 2 is 2.17 bits per heavy atom. The average molecular weight is 320 g/mol. The molecule has 2 aliphatic heterocycles. The summed E-state index contributed by atoms with van der Waals surface area (Å²) in [6.07, 6.45) is 0.434. The van der Waals surface area contributed by atoms with Gasteiger partial charge in [-0.25, -0.2) is 4.39 Å². The van der Waals surface area contributed by atoms with E-state index in [1.165, 1.54) is 18.2 Å². The van der Waals surface area contributed by atoms with Crippen molar-refractivity contribution in [2.45, 2.75) is 38.5 Å². The molecule has 2 amide bonds. The molecule has 2 fully saturated rings. The number of nitrogens with zero attached hydrogens (tertiary/aromatic N) is 1. The highest BCUT2D eigenvalue weighted by atomic mass is 19.1. The van der Waals surface area contributed by atoms with Crippen LogP contribution in [-0.4, -0.2) is 48.1 Å². The molecule has 0 radical (unpaired) electrons. The zero-order valence-corrected chi connectivity index (χ0v) is 13.3. The van der Waals surface area contributed by atoms with Gasteiger partial charge in [0, 0.05) is 24.8 Å². The number of hydrogen-bond donors (Lipinski definition) is 1. The third kappa shape index (κ3) is 3.08. The Kier molecular flexibility index (Phi) is 4.35. The molecule has 1 N–H and O–H groups in total. The summed E-state index contributed by atoms with van der Waals surface area (Å²) in [5, 5.41) is 2.89. The van der Waals surface area contributed by atoms with Gasteiger partial charge in [0.25, 0.3) is 5.91 Å². The number of benzene rings is 1. The molecule has 2 heterocycles. The van der Waals surface area contributed by atoms with Gasteiger partial charge in [0.05, 0.1) is 18.1 Å². The fourth-order valence-corrected chi connectivity index (χ4v) is 3.41. The number of halogens is 1. The van der Waals surface area contributed by atoms with Gasteiger partial charge in [-0.2, -0.15) is 0 Å². The molecular weight excluding hydrogens is 299 g/mol. The van der Waals surface area contributed by atoms with Crippen LogP contribution in [0.5, 0.6) is 0 Å². The lowest BCUT2D eigenvalue weighted by atomic mass is 10.0. The summed E-state index contributed by atoms with van der Waals surface area (Å²) in [7, 11) is 0. The number of carbonyl (C=O) groups excluding carboxylic acids is 2. The second kappa shape index (κ2) is 6.28. The van der Waals surface area contributed by atoms with Crippen molar-refractivity contribution in [3.63, 3.8) is 0 Å². The lowest BCUT2D eigenvalue weighted by molar-refractivity contribution is -0.128. The number of ether oxygens (including phenoxy) is 1. The Labute approximate surface area is 134 Å². The second-order valence-electron chi connectivity index (χ2n) is 6.43. The number of amides is 2. The minimum absolute atomic E-state index is 0.0373. The van der Waals surface area contributed by atoms with E-state index in [2.05, 4.69) is 5.32 Å². The lowest BCUT2D eigenvalue weighted by Crippen LogP contribution is -2.41. The first-order chi connectivity index (χ1) is 11.0. The van der Waals surface area contributed by atoms with Crippen LogP contribution in [0.25, 0.3) is 0 Å². The van der Waals surface area contributed by atoms with Crippen molar-refractivity contribution >= 4 is 11.8 Å². The average Bonchev–Trinajstić information content (AvgIpc) is 3.07. The summed E-state index contributed by atoms with van der Waals surface area (Å²) in [5.41, 5.74) is 0.306. The highest BCUT2D eigenvalue weighted by Gasteiger charge is 2.50. The quantitative estimate of drug-likeness (QED) is 0.920. The molecule has 124 valence electrons. The summed E-state index contributed by atoms with van der Waals surface area (Å²) >= 11 is 0. The summed E-state index contributed by atoms with van der Waals surface area (Å²) in [4.78, 5) is 26.7. The molecule has 0 unspecified atom stereocenters. The van der Waals surface area contributed by atoms with E-state index >= 15 is 0 Å². The van der Waals surface area contributed by atoms with E-state index in [1.54, 1.807) is 11.0 Å². The monoisotopic (exact) mass is 320 g/mol. The number of hydrogen-bond acceptors (Lipinski definition) is 3. The summed E-state index contributed by atoms with van der Waals surface area (Å²) in [6.45, 7) is 4.64. The molecule has 1 aromatic rings.